The zero-order valence-electron chi connectivity index (χ0n) is 12.3. The fraction of sp³-hybridized carbons (Fsp3) is 0.647. The van der Waals surface area contributed by atoms with Gasteiger partial charge in [0, 0.05) is 6.04 Å². The Morgan fingerprint density at radius 3 is 2.84 bits per heavy atom. The fourth-order valence-corrected chi connectivity index (χ4v) is 2.75. The molecule has 2 rings (SSSR count). The van der Waals surface area contributed by atoms with Crippen molar-refractivity contribution in [2.75, 3.05) is 13.2 Å². The summed E-state index contributed by atoms with van der Waals surface area (Å²) in [5.41, 5.74) is 1.26. The third-order valence-electron chi connectivity index (χ3n) is 4.06. The second kappa shape index (κ2) is 7.54. The molecule has 0 radical (unpaired) electrons. The number of hydrogen-bond acceptors (Lipinski definition) is 2. The van der Waals surface area contributed by atoms with Gasteiger partial charge in [-0.2, -0.15) is 0 Å². The van der Waals surface area contributed by atoms with Crippen LogP contribution < -0.4 is 10.1 Å². The Morgan fingerprint density at radius 2 is 2.21 bits per heavy atom. The van der Waals surface area contributed by atoms with E-state index in [1.54, 1.807) is 0 Å². The van der Waals surface area contributed by atoms with E-state index < -0.39 is 0 Å². The average molecular weight is 261 g/mol. The molecule has 1 N–H and O–H groups in total. The first-order valence-electron chi connectivity index (χ1n) is 7.70. The van der Waals surface area contributed by atoms with Crippen molar-refractivity contribution < 1.29 is 4.74 Å². The molecule has 1 aliphatic rings. The van der Waals surface area contributed by atoms with Crippen LogP contribution in [0.1, 0.15) is 44.6 Å². The lowest BCUT2D eigenvalue weighted by Crippen LogP contribution is -2.34. The normalized spacial score (nSPS) is 16.9. The van der Waals surface area contributed by atoms with E-state index >= 15 is 0 Å². The van der Waals surface area contributed by atoms with Crippen molar-refractivity contribution in [2.45, 2.75) is 52.0 Å². The molecule has 1 unspecified atom stereocenters. The quantitative estimate of drug-likeness (QED) is 0.765. The highest BCUT2D eigenvalue weighted by molar-refractivity contribution is 5.27. The standard InChI is InChI=1S/C17H27NO/c1-3-18-16(13-15-7-5-8-15)10-11-19-17-9-4-6-14(2)12-17/h4,6,9,12,15-16,18H,3,5,7-8,10-11,13H2,1-2H3. The van der Waals surface area contributed by atoms with Crippen LogP contribution in [0.2, 0.25) is 0 Å². The summed E-state index contributed by atoms with van der Waals surface area (Å²) >= 11 is 0. The van der Waals surface area contributed by atoms with Gasteiger partial charge in [-0.25, -0.2) is 0 Å². The molecular weight excluding hydrogens is 234 g/mol. The zero-order chi connectivity index (χ0) is 13.5. The van der Waals surface area contributed by atoms with Crippen LogP contribution >= 0.6 is 0 Å². The lowest BCUT2D eigenvalue weighted by molar-refractivity contribution is 0.228. The first-order chi connectivity index (χ1) is 9.28. The van der Waals surface area contributed by atoms with Gasteiger partial charge in [0.25, 0.3) is 0 Å². The first kappa shape index (κ1) is 14.4. The molecule has 0 heterocycles. The highest BCUT2D eigenvalue weighted by Gasteiger charge is 2.21. The molecule has 1 fully saturated rings. The van der Waals surface area contributed by atoms with Crippen LogP contribution in [-0.4, -0.2) is 19.2 Å². The number of ether oxygens (including phenoxy) is 1. The van der Waals surface area contributed by atoms with Crippen molar-refractivity contribution in [3.05, 3.63) is 29.8 Å². The van der Waals surface area contributed by atoms with Crippen molar-refractivity contribution in [1.29, 1.82) is 0 Å². The van der Waals surface area contributed by atoms with Crippen molar-refractivity contribution >= 4 is 0 Å². The maximum Gasteiger partial charge on any atom is 0.119 e. The SMILES string of the molecule is CCNC(CCOc1cccc(C)c1)CC1CCC1. The van der Waals surface area contributed by atoms with E-state index in [0.717, 1.165) is 31.2 Å². The lowest BCUT2D eigenvalue weighted by atomic mass is 9.80. The summed E-state index contributed by atoms with van der Waals surface area (Å²) in [5.74, 6) is 1.96. The van der Waals surface area contributed by atoms with Crippen LogP contribution in [0, 0.1) is 12.8 Å². The largest absolute Gasteiger partial charge is 0.494 e. The summed E-state index contributed by atoms with van der Waals surface area (Å²) in [6.07, 6.45) is 6.73. The Bertz CT molecular complexity index is 373. The lowest BCUT2D eigenvalue weighted by Gasteiger charge is -2.30. The summed E-state index contributed by atoms with van der Waals surface area (Å²) in [5, 5.41) is 3.60. The van der Waals surface area contributed by atoms with Gasteiger partial charge in [0.15, 0.2) is 0 Å². The molecule has 106 valence electrons. The predicted octanol–water partition coefficient (Wildman–Crippen LogP) is 3.93. The van der Waals surface area contributed by atoms with Crippen molar-refractivity contribution in [1.82, 2.24) is 5.32 Å². The number of benzene rings is 1. The van der Waals surface area contributed by atoms with Crippen molar-refractivity contribution in [3.63, 3.8) is 0 Å². The Labute approximate surface area is 117 Å². The van der Waals surface area contributed by atoms with Crippen LogP contribution in [0.3, 0.4) is 0 Å². The van der Waals surface area contributed by atoms with Gasteiger partial charge in [0.1, 0.15) is 5.75 Å². The van der Waals surface area contributed by atoms with Crippen LogP contribution in [0.4, 0.5) is 0 Å². The van der Waals surface area contributed by atoms with Crippen LogP contribution in [-0.2, 0) is 0 Å². The Hall–Kier alpha value is -1.02. The van der Waals surface area contributed by atoms with Gasteiger partial charge >= 0.3 is 0 Å². The molecule has 1 saturated carbocycles. The van der Waals surface area contributed by atoms with E-state index in [9.17, 15) is 0 Å². The highest BCUT2D eigenvalue weighted by Crippen LogP contribution is 2.31. The second-order valence-corrected chi connectivity index (χ2v) is 5.74. The Balaban J connectivity index is 1.71. The van der Waals surface area contributed by atoms with Gasteiger partial charge in [-0.1, -0.05) is 38.3 Å². The molecule has 0 saturated heterocycles. The van der Waals surface area contributed by atoms with E-state index in [4.69, 9.17) is 4.74 Å². The van der Waals surface area contributed by atoms with Crippen molar-refractivity contribution in [3.8, 4) is 5.75 Å². The van der Waals surface area contributed by atoms with Crippen LogP contribution in [0.25, 0.3) is 0 Å². The number of hydrogen-bond donors (Lipinski definition) is 1. The molecule has 1 aromatic rings. The number of aryl methyl sites for hydroxylation is 1. The minimum atomic E-state index is 0.625. The van der Waals surface area contributed by atoms with E-state index in [1.165, 1.54) is 31.2 Å². The summed E-state index contributed by atoms with van der Waals surface area (Å²) in [7, 11) is 0. The fourth-order valence-electron chi connectivity index (χ4n) is 2.75. The Kier molecular flexibility index (Phi) is 5.71. The van der Waals surface area contributed by atoms with Crippen LogP contribution in [0.5, 0.6) is 5.75 Å². The van der Waals surface area contributed by atoms with Gasteiger partial charge in [-0.3, -0.25) is 0 Å². The smallest absolute Gasteiger partial charge is 0.119 e. The molecule has 0 amide bonds. The molecule has 1 aromatic carbocycles. The molecule has 0 aromatic heterocycles. The molecule has 2 heteroatoms. The molecular formula is C17H27NO. The third-order valence-corrected chi connectivity index (χ3v) is 4.06. The maximum absolute atomic E-state index is 5.86. The average Bonchev–Trinajstić information content (AvgIpc) is 2.34. The van der Waals surface area contributed by atoms with Crippen LogP contribution in [0.15, 0.2) is 24.3 Å². The third kappa shape index (κ3) is 4.87. The minimum absolute atomic E-state index is 0.625. The molecule has 1 atom stereocenters. The zero-order valence-corrected chi connectivity index (χ0v) is 12.3. The topological polar surface area (TPSA) is 21.3 Å². The van der Waals surface area contributed by atoms with Gasteiger partial charge in [-0.05, 0) is 49.9 Å². The van der Waals surface area contributed by atoms with E-state index in [-0.39, 0.29) is 0 Å². The molecule has 0 bridgehead atoms. The van der Waals surface area contributed by atoms with E-state index in [0.29, 0.717) is 6.04 Å². The second-order valence-electron chi connectivity index (χ2n) is 5.74. The summed E-state index contributed by atoms with van der Waals surface area (Å²) in [6.45, 7) is 6.16. The number of rotatable bonds is 8. The van der Waals surface area contributed by atoms with Gasteiger partial charge in [0.2, 0.25) is 0 Å². The minimum Gasteiger partial charge on any atom is -0.494 e. The molecule has 0 spiro atoms. The van der Waals surface area contributed by atoms with Gasteiger partial charge in [-0.15, -0.1) is 0 Å². The summed E-state index contributed by atoms with van der Waals surface area (Å²) in [4.78, 5) is 0. The maximum atomic E-state index is 5.86. The van der Waals surface area contributed by atoms with Gasteiger partial charge < -0.3 is 10.1 Å². The molecule has 2 nitrogen and oxygen atoms in total. The summed E-state index contributed by atoms with van der Waals surface area (Å²) < 4.78 is 5.86. The monoisotopic (exact) mass is 261 g/mol. The van der Waals surface area contributed by atoms with E-state index in [1.807, 2.05) is 6.07 Å². The molecule has 0 aliphatic heterocycles. The molecule has 1 aliphatic carbocycles. The molecule has 19 heavy (non-hydrogen) atoms. The summed E-state index contributed by atoms with van der Waals surface area (Å²) in [6, 6.07) is 8.93. The first-order valence-corrected chi connectivity index (χ1v) is 7.70. The Morgan fingerprint density at radius 1 is 1.37 bits per heavy atom. The number of nitrogens with one attached hydrogen (secondary N) is 1. The van der Waals surface area contributed by atoms with E-state index in [2.05, 4.69) is 37.4 Å². The van der Waals surface area contributed by atoms with Gasteiger partial charge in [0.05, 0.1) is 6.61 Å². The van der Waals surface area contributed by atoms with Crippen molar-refractivity contribution in [2.24, 2.45) is 5.92 Å². The highest BCUT2D eigenvalue weighted by atomic mass is 16.5. The predicted molar refractivity (Wildman–Crippen MR) is 80.7 cm³/mol.